The Labute approximate surface area is 174 Å². The Kier molecular flexibility index (Phi) is 4.79. The molecule has 0 amide bonds. The summed E-state index contributed by atoms with van der Waals surface area (Å²) in [7, 11) is 2.95. The number of halogens is 1. The molecule has 0 spiro atoms. The van der Waals surface area contributed by atoms with E-state index in [1.807, 2.05) is 36.4 Å². The normalized spacial score (nSPS) is 12.2. The standard InChI is InChI=1S/C21H17BrN4O3/c1-24-18-16(19(28)25(2)21(24)29)26(20(22)23-18)15(13-9-5-3-6-10-13)17(27)14-11-7-4-8-12-14/h3-12,15H,1-2H3/t15-/m0/s1. The minimum absolute atomic E-state index is 0.180. The number of benzene rings is 2. The first-order valence-electron chi connectivity index (χ1n) is 8.89. The van der Waals surface area contributed by atoms with Gasteiger partial charge in [0.05, 0.1) is 0 Å². The highest BCUT2D eigenvalue weighted by molar-refractivity contribution is 9.10. The van der Waals surface area contributed by atoms with Gasteiger partial charge in [0.15, 0.2) is 21.7 Å². The van der Waals surface area contributed by atoms with E-state index in [0.29, 0.717) is 15.9 Å². The third-order valence-corrected chi connectivity index (χ3v) is 5.49. The first-order chi connectivity index (χ1) is 13.9. The lowest BCUT2D eigenvalue weighted by molar-refractivity contribution is 0.0946. The molecule has 0 radical (unpaired) electrons. The number of carbonyl (C=O) groups is 1. The summed E-state index contributed by atoms with van der Waals surface area (Å²) in [6.45, 7) is 0. The predicted octanol–water partition coefficient (Wildman–Crippen LogP) is 2.67. The van der Waals surface area contributed by atoms with Gasteiger partial charge in [-0.05, 0) is 21.5 Å². The molecule has 8 heteroatoms. The van der Waals surface area contributed by atoms with E-state index in [4.69, 9.17) is 0 Å². The molecular formula is C21H17BrN4O3. The van der Waals surface area contributed by atoms with Crippen LogP contribution in [0.4, 0.5) is 0 Å². The number of nitrogens with zero attached hydrogens (tertiary/aromatic N) is 4. The maximum atomic E-state index is 13.5. The van der Waals surface area contributed by atoms with E-state index < -0.39 is 17.3 Å². The average Bonchev–Trinajstić information content (AvgIpc) is 3.09. The van der Waals surface area contributed by atoms with Crippen LogP contribution in [0.1, 0.15) is 22.0 Å². The number of carbonyl (C=O) groups excluding carboxylic acids is 1. The van der Waals surface area contributed by atoms with E-state index >= 15 is 0 Å². The fraction of sp³-hybridized carbons (Fsp3) is 0.143. The van der Waals surface area contributed by atoms with E-state index in [1.165, 1.54) is 11.6 Å². The number of aromatic nitrogens is 4. The maximum Gasteiger partial charge on any atom is 0.332 e. The molecular weight excluding hydrogens is 436 g/mol. The summed E-state index contributed by atoms with van der Waals surface area (Å²) in [5.74, 6) is -0.187. The van der Waals surface area contributed by atoms with Gasteiger partial charge in [-0.2, -0.15) is 0 Å². The van der Waals surface area contributed by atoms with Crippen LogP contribution in [0.15, 0.2) is 75.0 Å². The fourth-order valence-electron chi connectivity index (χ4n) is 3.44. The predicted molar refractivity (Wildman–Crippen MR) is 113 cm³/mol. The highest BCUT2D eigenvalue weighted by atomic mass is 79.9. The molecule has 0 saturated carbocycles. The second kappa shape index (κ2) is 7.29. The van der Waals surface area contributed by atoms with Crippen molar-refractivity contribution >= 4 is 32.9 Å². The van der Waals surface area contributed by atoms with Crippen molar-refractivity contribution in [1.82, 2.24) is 18.7 Å². The molecule has 0 aliphatic heterocycles. The van der Waals surface area contributed by atoms with Crippen molar-refractivity contribution < 1.29 is 4.79 Å². The fourth-order valence-corrected chi connectivity index (χ4v) is 3.99. The zero-order valence-electron chi connectivity index (χ0n) is 15.7. The highest BCUT2D eigenvalue weighted by Crippen LogP contribution is 2.30. The Morgan fingerprint density at radius 3 is 2.14 bits per heavy atom. The summed E-state index contributed by atoms with van der Waals surface area (Å²) in [4.78, 5) is 43.2. The number of aryl methyl sites for hydroxylation is 1. The molecule has 4 aromatic rings. The second-order valence-corrected chi connectivity index (χ2v) is 7.38. The summed E-state index contributed by atoms with van der Waals surface area (Å²) in [6, 6.07) is 17.2. The van der Waals surface area contributed by atoms with Gasteiger partial charge in [0.1, 0.15) is 6.04 Å². The third-order valence-electron chi connectivity index (χ3n) is 4.93. The first-order valence-corrected chi connectivity index (χ1v) is 9.68. The second-order valence-electron chi connectivity index (χ2n) is 6.67. The van der Waals surface area contributed by atoms with Gasteiger partial charge in [-0.1, -0.05) is 60.7 Å². The van der Waals surface area contributed by atoms with Crippen LogP contribution in [0, 0.1) is 0 Å². The Balaban J connectivity index is 2.08. The summed E-state index contributed by atoms with van der Waals surface area (Å²) in [5, 5.41) is 0. The monoisotopic (exact) mass is 452 g/mol. The van der Waals surface area contributed by atoms with Crippen molar-refractivity contribution in [2.45, 2.75) is 6.04 Å². The molecule has 0 saturated heterocycles. The molecule has 0 fully saturated rings. The Hall–Kier alpha value is -3.26. The third kappa shape index (κ3) is 3.05. The molecule has 2 aromatic carbocycles. The molecule has 7 nitrogen and oxygen atoms in total. The van der Waals surface area contributed by atoms with Crippen LogP contribution >= 0.6 is 15.9 Å². The lowest BCUT2D eigenvalue weighted by Crippen LogP contribution is -2.38. The highest BCUT2D eigenvalue weighted by Gasteiger charge is 2.30. The van der Waals surface area contributed by atoms with Gasteiger partial charge in [-0.3, -0.25) is 23.3 Å². The van der Waals surface area contributed by atoms with Crippen LogP contribution in [-0.4, -0.2) is 24.5 Å². The summed E-state index contributed by atoms with van der Waals surface area (Å²) >= 11 is 3.40. The van der Waals surface area contributed by atoms with Crippen molar-refractivity contribution in [2.24, 2.45) is 14.1 Å². The zero-order valence-corrected chi connectivity index (χ0v) is 17.3. The number of imidazole rings is 1. The quantitative estimate of drug-likeness (QED) is 0.352. The summed E-state index contributed by atoms with van der Waals surface area (Å²) < 4.78 is 4.17. The molecule has 0 unspecified atom stereocenters. The summed E-state index contributed by atoms with van der Waals surface area (Å²) in [6.07, 6.45) is 0. The van der Waals surface area contributed by atoms with Gasteiger partial charge in [0, 0.05) is 19.7 Å². The molecule has 0 bridgehead atoms. The van der Waals surface area contributed by atoms with Crippen molar-refractivity contribution in [2.75, 3.05) is 0 Å². The largest absolute Gasteiger partial charge is 0.332 e. The van der Waals surface area contributed by atoms with Crippen LogP contribution in [0.25, 0.3) is 11.2 Å². The lowest BCUT2D eigenvalue weighted by atomic mass is 9.97. The van der Waals surface area contributed by atoms with Crippen LogP contribution in [-0.2, 0) is 14.1 Å². The van der Waals surface area contributed by atoms with E-state index in [0.717, 1.165) is 4.57 Å². The molecule has 0 aliphatic carbocycles. The van der Waals surface area contributed by atoms with Gasteiger partial charge in [0.25, 0.3) is 5.56 Å². The van der Waals surface area contributed by atoms with E-state index in [9.17, 15) is 14.4 Å². The molecule has 1 atom stereocenters. The Morgan fingerprint density at radius 2 is 1.52 bits per heavy atom. The van der Waals surface area contributed by atoms with Gasteiger partial charge in [0.2, 0.25) is 0 Å². The van der Waals surface area contributed by atoms with Crippen LogP contribution in [0.3, 0.4) is 0 Å². The van der Waals surface area contributed by atoms with Crippen LogP contribution < -0.4 is 11.2 Å². The van der Waals surface area contributed by atoms with Crippen molar-refractivity contribution in [3.05, 3.63) is 97.4 Å². The number of hydrogen-bond acceptors (Lipinski definition) is 4. The molecule has 0 aliphatic rings. The SMILES string of the molecule is Cn1c(=O)c2c(nc(Br)n2[C@H](C(=O)c2ccccc2)c2ccccc2)n(C)c1=O. The topological polar surface area (TPSA) is 78.9 Å². The number of fused-ring (bicyclic) bond motifs is 1. The van der Waals surface area contributed by atoms with E-state index in [1.54, 1.807) is 35.9 Å². The number of rotatable bonds is 4. The molecule has 2 aromatic heterocycles. The average molecular weight is 453 g/mol. The van der Waals surface area contributed by atoms with Gasteiger partial charge >= 0.3 is 5.69 Å². The molecule has 29 heavy (non-hydrogen) atoms. The smallest absolute Gasteiger partial charge is 0.297 e. The molecule has 146 valence electrons. The van der Waals surface area contributed by atoms with Crippen LogP contribution in [0.5, 0.6) is 0 Å². The first kappa shape index (κ1) is 19.1. The van der Waals surface area contributed by atoms with Crippen molar-refractivity contribution in [3.63, 3.8) is 0 Å². The van der Waals surface area contributed by atoms with Gasteiger partial charge < -0.3 is 0 Å². The molecule has 2 heterocycles. The van der Waals surface area contributed by atoms with E-state index in [-0.39, 0.29) is 16.9 Å². The minimum atomic E-state index is -0.830. The maximum absolute atomic E-state index is 13.5. The Bertz CT molecular complexity index is 1340. The van der Waals surface area contributed by atoms with E-state index in [2.05, 4.69) is 20.9 Å². The van der Waals surface area contributed by atoms with Crippen LogP contribution in [0.2, 0.25) is 0 Å². The minimum Gasteiger partial charge on any atom is -0.297 e. The summed E-state index contributed by atoms with van der Waals surface area (Å²) in [5.41, 5.74) is 0.619. The Morgan fingerprint density at radius 1 is 0.931 bits per heavy atom. The number of Topliss-reactive ketones (excluding diaryl/α,β-unsaturated/α-hetero) is 1. The van der Waals surface area contributed by atoms with Crippen molar-refractivity contribution in [1.29, 1.82) is 0 Å². The molecule has 0 N–H and O–H groups in total. The van der Waals surface area contributed by atoms with Gasteiger partial charge in [-0.15, -0.1) is 0 Å². The van der Waals surface area contributed by atoms with Crippen molar-refractivity contribution in [3.8, 4) is 0 Å². The zero-order chi connectivity index (χ0) is 20.7. The lowest BCUT2D eigenvalue weighted by Gasteiger charge is -2.20. The number of ketones is 1. The molecule has 4 rings (SSSR count). The number of hydrogen-bond donors (Lipinski definition) is 0. The van der Waals surface area contributed by atoms with Gasteiger partial charge in [-0.25, -0.2) is 9.78 Å².